The van der Waals surface area contributed by atoms with Gasteiger partial charge in [0.2, 0.25) is 0 Å². The van der Waals surface area contributed by atoms with E-state index in [2.05, 4.69) is 0 Å². The van der Waals surface area contributed by atoms with Gasteiger partial charge in [-0.25, -0.2) is 0 Å². The third-order valence-corrected chi connectivity index (χ3v) is 2.36. The fraction of sp³-hybridized carbons (Fsp3) is 0.500. The van der Waals surface area contributed by atoms with Crippen LogP contribution >= 0.6 is 0 Å². The molecule has 1 N–H and O–H groups in total. The minimum Gasteiger partial charge on any atom is -0.497 e. The van der Waals surface area contributed by atoms with E-state index in [0.717, 1.165) is 11.3 Å². The van der Waals surface area contributed by atoms with Crippen molar-refractivity contribution in [2.24, 2.45) is 0 Å². The van der Waals surface area contributed by atoms with Gasteiger partial charge in [0.05, 0.1) is 7.11 Å². The number of methoxy groups -OCH3 is 3. The number of benzene rings is 1. The van der Waals surface area contributed by atoms with Gasteiger partial charge in [-0.05, 0) is 17.7 Å². The van der Waals surface area contributed by atoms with E-state index >= 15 is 0 Å². The Labute approximate surface area is 95.8 Å². The smallest absolute Gasteiger partial charge is 0.183 e. The SMILES string of the molecule is COc1cccc(CC(O)C(OC)OC)c1. The highest BCUT2D eigenvalue weighted by Gasteiger charge is 2.18. The molecule has 0 spiro atoms. The molecule has 0 amide bonds. The molecule has 0 aromatic heterocycles. The zero-order valence-electron chi connectivity index (χ0n) is 9.84. The summed E-state index contributed by atoms with van der Waals surface area (Å²) in [5.41, 5.74) is 0.978. The number of hydrogen-bond acceptors (Lipinski definition) is 4. The molecule has 0 saturated heterocycles. The van der Waals surface area contributed by atoms with Gasteiger partial charge in [-0.15, -0.1) is 0 Å². The predicted molar refractivity (Wildman–Crippen MR) is 60.5 cm³/mol. The van der Waals surface area contributed by atoms with Crippen LogP contribution in [0.15, 0.2) is 24.3 Å². The Hall–Kier alpha value is -1.10. The summed E-state index contributed by atoms with van der Waals surface area (Å²) in [6.07, 6.45) is -0.836. The molecule has 1 aromatic rings. The predicted octanol–water partition coefficient (Wildman–Crippen LogP) is 1.22. The van der Waals surface area contributed by atoms with E-state index in [4.69, 9.17) is 14.2 Å². The van der Waals surface area contributed by atoms with E-state index in [1.807, 2.05) is 24.3 Å². The van der Waals surface area contributed by atoms with Crippen LogP contribution < -0.4 is 4.74 Å². The molecule has 1 atom stereocenters. The first-order chi connectivity index (χ1) is 7.71. The third kappa shape index (κ3) is 3.48. The van der Waals surface area contributed by atoms with Crippen LogP contribution in [0.25, 0.3) is 0 Å². The van der Waals surface area contributed by atoms with Crippen LogP contribution in [0.4, 0.5) is 0 Å². The van der Waals surface area contributed by atoms with Crippen molar-refractivity contribution in [2.45, 2.75) is 18.8 Å². The van der Waals surface area contributed by atoms with Crippen LogP contribution in [-0.2, 0) is 15.9 Å². The van der Waals surface area contributed by atoms with Crippen LogP contribution in [0.2, 0.25) is 0 Å². The molecule has 0 fully saturated rings. The van der Waals surface area contributed by atoms with Crippen LogP contribution in [-0.4, -0.2) is 38.8 Å². The van der Waals surface area contributed by atoms with Gasteiger partial charge < -0.3 is 19.3 Å². The fourth-order valence-electron chi connectivity index (χ4n) is 1.55. The molecule has 4 nitrogen and oxygen atoms in total. The number of hydrogen-bond donors (Lipinski definition) is 1. The largest absolute Gasteiger partial charge is 0.497 e. The van der Waals surface area contributed by atoms with E-state index in [1.54, 1.807) is 7.11 Å². The molecule has 0 saturated carbocycles. The summed E-state index contributed by atoms with van der Waals surface area (Å²) < 4.78 is 15.1. The van der Waals surface area contributed by atoms with Crippen molar-refractivity contribution in [3.8, 4) is 5.75 Å². The lowest BCUT2D eigenvalue weighted by atomic mass is 10.1. The highest BCUT2D eigenvalue weighted by molar-refractivity contribution is 5.28. The fourth-order valence-corrected chi connectivity index (χ4v) is 1.55. The van der Waals surface area contributed by atoms with Gasteiger partial charge in [-0.1, -0.05) is 12.1 Å². The van der Waals surface area contributed by atoms with Crippen molar-refractivity contribution in [3.63, 3.8) is 0 Å². The van der Waals surface area contributed by atoms with Gasteiger partial charge in [0.1, 0.15) is 11.9 Å². The second-order valence-electron chi connectivity index (χ2n) is 3.46. The molecular weight excluding hydrogens is 208 g/mol. The Balaban J connectivity index is 2.64. The summed E-state index contributed by atoms with van der Waals surface area (Å²) in [7, 11) is 4.62. The summed E-state index contributed by atoms with van der Waals surface area (Å²) in [4.78, 5) is 0. The Morgan fingerprint density at radius 3 is 2.44 bits per heavy atom. The Bertz CT molecular complexity index is 310. The monoisotopic (exact) mass is 226 g/mol. The first-order valence-corrected chi connectivity index (χ1v) is 5.07. The van der Waals surface area contributed by atoms with E-state index in [1.165, 1.54) is 14.2 Å². The summed E-state index contributed by atoms with van der Waals surface area (Å²) in [6, 6.07) is 7.55. The normalized spacial score (nSPS) is 12.8. The topological polar surface area (TPSA) is 47.9 Å². The molecule has 4 heteroatoms. The van der Waals surface area contributed by atoms with Crippen LogP contribution in [0.3, 0.4) is 0 Å². The van der Waals surface area contributed by atoms with Gasteiger partial charge in [0.25, 0.3) is 0 Å². The van der Waals surface area contributed by atoms with Crippen molar-refractivity contribution in [3.05, 3.63) is 29.8 Å². The first kappa shape index (κ1) is 13.0. The van der Waals surface area contributed by atoms with Crippen molar-refractivity contribution in [2.75, 3.05) is 21.3 Å². The number of aliphatic hydroxyl groups excluding tert-OH is 1. The Morgan fingerprint density at radius 2 is 1.88 bits per heavy atom. The molecule has 1 unspecified atom stereocenters. The molecule has 0 radical (unpaired) electrons. The maximum atomic E-state index is 9.84. The first-order valence-electron chi connectivity index (χ1n) is 5.07. The number of rotatable bonds is 6. The van der Waals surface area contributed by atoms with Crippen molar-refractivity contribution in [1.82, 2.24) is 0 Å². The molecule has 0 bridgehead atoms. The lowest BCUT2D eigenvalue weighted by molar-refractivity contribution is -0.163. The summed E-state index contributed by atoms with van der Waals surface area (Å²) in [5.74, 6) is 0.774. The van der Waals surface area contributed by atoms with Gasteiger partial charge in [0, 0.05) is 20.6 Å². The van der Waals surface area contributed by atoms with Crippen molar-refractivity contribution < 1.29 is 19.3 Å². The zero-order valence-corrected chi connectivity index (χ0v) is 9.84. The number of ether oxygens (including phenoxy) is 3. The Morgan fingerprint density at radius 1 is 1.19 bits per heavy atom. The van der Waals surface area contributed by atoms with E-state index in [9.17, 15) is 5.11 Å². The lowest BCUT2D eigenvalue weighted by Gasteiger charge is -2.20. The molecule has 16 heavy (non-hydrogen) atoms. The summed E-state index contributed by atoms with van der Waals surface area (Å²) >= 11 is 0. The summed E-state index contributed by atoms with van der Waals surface area (Å²) in [6.45, 7) is 0. The van der Waals surface area contributed by atoms with Crippen molar-refractivity contribution in [1.29, 1.82) is 0 Å². The molecule has 1 rings (SSSR count). The third-order valence-electron chi connectivity index (χ3n) is 2.36. The van der Waals surface area contributed by atoms with Gasteiger partial charge in [0.15, 0.2) is 6.29 Å². The minimum absolute atomic E-state index is 0.462. The Kier molecular flexibility index (Phi) is 5.25. The highest BCUT2D eigenvalue weighted by atomic mass is 16.7. The van der Waals surface area contributed by atoms with E-state index in [-0.39, 0.29) is 0 Å². The standard InChI is InChI=1S/C12H18O4/c1-14-10-6-4-5-9(7-10)8-11(13)12(15-2)16-3/h4-7,11-13H,8H2,1-3H3. The molecule has 0 aliphatic heterocycles. The van der Waals surface area contributed by atoms with Crippen LogP contribution in [0.1, 0.15) is 5.56 Å². The van der Waals surface area contributed by atoms with Crippen molar-refractivity contribution >= 4 is 0 Å². The van der Waals surface area contributed by atoms with Gasteiger partial charge in [-0.3, -0.25) is 0 Å². The highest BCUT2D eigenvalue weighted by Crippen LogP contribution is 2.15. The second-order valence-corrected chi connectivity index (χ2v) is 3.46. The lowest BCUT2D eigenvalue weighted by Crippen LogP contribution is -2.31. The minimum atomic E-state index is -0.692. The quantitative estimate of drug-likeness (QED) is 0.741. The second kappa shape index (κ2) is 6.48. The van der Waals surface area contributed by atoms with E-state index < -0.39 is 12.4 Å². The van der Waals surface area contributed by atoms with E-state index in [0.29, 0.717) is 6.42 Å². The molecule has 0 heterocycles. The molecule has 0 aliphatic carbocycles. The van der Waals surface area contributed by atoms with Crippen LogP contribution in [0.5, 0.6) is 5.75 Å². The van der Waals surface area contributed by atoms with Gasteiger partial charge >= 0.3 is 0 Å². The average Bonchev–Trinajstić information content (AvgIpc) is 2.31. The molecule has 0 aliphatic rings. The number of aliphatic hydroxyl groups is 1. The summed E-state index contributed by atoms with van der Waals surface area (Å²) in [5, 5.41) is 9.84. The average molecular weight is 226 g/mol. The zero-order chi connectivity index (χ0) is 12.0. The molecular formula is C12H18O4. The molecule has 90 valence electrons. The van der Waals surface area contributed by atoms with Gasteiger partial charge in [-0.2, -0.15) is 0 Å². The maximum absolute atomic E-state index is 9.84. The maximum Gasteiger partial charge on any atom is 0.183 e. The van der Waals surface area contributed by atoms with Crippen LogP contribution in [0, 0.1) is 0 Å². The molecule has 1 aromatic carbocycles.